The molecule has 6 nitrogen and oxygen atoms in total. The van der Waals surface area contributed by atoms with Gasteiger partial charge in [-0.25, -0.2) is 4.79 Å². The van der Waals surface area contributed by atoms with Crippen LogP contribution in [0.5, 0.6) is 0 Å². The Morgan fingerprint density at radius 3 is 2.29 bits per heavy atom. The van der Waals surface area contributed by atoms with Crippen LogP contribution in [0.1, 0.15) is 12.8 Å². The van der Waals surface area contributed by atoms with E-state index in [1.165, 1.54) is 0 Å². The van der Waals surface area contributed by atoms with Gasteiger partial charge in [0.2, 0.25) is 0 Å². The van der Waals surface area contributed by atoms with Gasteiger partial charge in [0, 0.05) is 29.8 Å². The molecule has 0 aromatic rings. The fraction of sp³-hybridized carbons (Fsp3) is 0.833. The molecule has 0 radical (unpaired) electrons. The Kier molecular flexibility index (Phi) is 3.57. The maximum Gasteiger partial charge on any atom is 0.404 e. The predicted molar refractivity (Wildman–Crippen MR) is 50.5 cm³/mol. The van der Waals surface area contributed by atoms with Crippen molar-refractivity contribution in [3.8, 4) is 0 Å². The maximum absolute atomic E-state index is 10.9. The summed E-state index contributed by atoms with van der Waals surface area (Å²) in [6.45, 7) is 0.521. The highest BCUT2D eigenvalue weighted by atomic mass is 35.7. The molecule has 1 heterocycles. The topological polar surface area (TPSA) is 86.7 Å². The van der Waals surface area contributed by atoms with Gasteiger partial charge in [0.05, 0.1) is 0 Å². The first-order valence-corrected chi connectivity index (χ1v) is 6.35. The SMILES string of the molecule is O=C(O)NC1CCN(S(=O)(=O)Cl)CC1. The molecule has 0 saturated carbocycles. The molecule has 1 aliphatic heterocycles. The third-order valence-electron chi connectivity index (χ3n) is 2.09. The number of halogens is 1. The van der Waals surface area contributed by atoms with Gasteiger partial charge < -0.3 is 10.4 Å². The Bertz CT molecular complexity index is 310. The molecule has 1 rings (SSSR count). The first-order valence-electron chi connectivity index (χ1n) is 4.09. The zero-order valence-electron chi connectivity index (χ0n) is 7.31. The average molecular weight is 243 g/mol. The Morgan fingerprint density at radius 1 is 1.43 bits per heavy atom. The van der Waals surface area contributed by atoms with Gasteiger partial charge in [0.1, 0.15) is 0 Å². The minimum absolute atomic E-state index is 0.179. The van der Waals surface area contributed by atoms with Gasteiger partial charge in [0.15, 0.2) is 0 Å². The number of nitrogens with one attached hydrogen (secondary N) is 1. The number of nitrogens with zero attached hydrogens (tertiary/aromatic N) is 1. The predicted octanol–water partition coefficient (Wildman–Crippen LogP) is 0.202. The largest absolute Gasteiger partial charge is 0.465 e. The molecule has 1 saturated heterocycles. The van der Waals surface area contributed by atoms with Crippen LogP contribution >= 0.6 is 10.7 Å². The molecule has 0 aromatic heterocycles. The van der Waals surface area contributed by atoms with E-state index in [1.54, 1.807) is 0 Å². The summed E-state index contributed by atoms with van der Waals surface area (Å²) in [5.74, 6) is 0. The Morgan fingerprint density at radius 2 is 1.93 bits per heavy atom. The van der Waals surface area contributed by atoms with E-state index >= 15 is 0 Å². The Hall–Kier alpha value is -0.530. The molecule has 0 aliphatic carbocycles. The molecule has 0 atom stereocenters. The zero-order valence-corrected chi connectivity index (χ0v) is 8.88. The van der Waals surface area contributed by atoms with Gasteiger partial charge in [-0.1, -0.05) is 0 Å². The van der Waals surface area contributed by atoms with E-state index in [1.807, 2.05) is 0 Å². The molecule has 14 heavy (non-hydrogen) atoms. The van der Waals surface area contributed by atoms with Crippen molar-refractivity contribution >= 4 is 26.0 Å². The summed E-state index contributed by atoms with van der Waals surface area (Å²) < 4.78 is 22.9. The number of hydrogen-bond donors (Lipinski definition) is 2. The maximum atomic E-state index is 10.9. The van der Waals surface area contributed by atoms with Crippen molar-refractivity contribution in [1.82, 2.24) is 9.62 Å². The number of carboxylic acid groups (broad SMARTS) is 1. The Balaban J connectivity index is 2.43. The zero-order chi connectivity index (χ0) is 10.8. The third-order valence-corrected chi connectivity index (χ3v) is 3.66. The average Bonchev–Trinajstić information content (AvgIpc) is 2.02. The third kappa shape index (κ3) is 3.32. The normalized spacial score (nSPS) is 20.6. The van der Waals surface area contributed by atoms with Crippen LogP contribution in [0.25, 0.3) is 0 Å². The fourth-order valence-electron chi connectivity index (χ4n) is 1.39. The van der Waals surface area contributed by atoms with E-state index in [0.717, 1.165) is 4.31 Å². The second kappa shape index (κ2) is 4.33. The monoisotopic (exact) mass is 242 g/mol. The van der Waals surface area contributed by atoms with Gasteiger partial charge in [-0.3, -0.25) is 0 Å². The molecule has 0 spiro atoms. The van der Waals surface area contributed by atoms with Crippen LogP contribution in [0.15, 0.2) is 0 Å². The van der Waals surface area contributed by atoms with Crippen LogP contribution in [0, 0.1) is 0 Å². The minimum atomic E-state index is -3.65. The van der Waals surface area contributed by atoms with Crippen LogP contribution < -0.4 is 5.32 Å². The molecule has 8 heteroatoms. The lowest BCUT2D eigenvalue weighted by Gasteiger charge is -2.28. The highest BCUT2D eigenvalue weighted by molar-refractivity contribution is 8.11. The molecule has 1 fully saturated rings. The Labute approximate surface area is 86.4 Å². The second-order valence-electron chi connectivity index (χ2n) is 3.06. The van der Waals surface area contributed by atoms with Crippen LogP contribution in [-0.4, -0.2) is 43.1 Å². The van der Waals surface area contributed by atoms with E-state index in [4.69, 9.17) is 15.8 Å². The first-order chi connectivity index (χ1) is 6.39. The van der Waals surface area contributed by atoms with E-state index in [-0.39, 0.29) is 19.1 Å². The van der Waals surface area contributed by atoms with Crippen LogP contribution in [0.2, 0.25) is 0 Å². The fourth-order valence-corrected chi connectivity index (χ4v) is 2.45. The van der Waals surface area contributed by atoms with Crippen LogP contribution in [0.4, 0.5) is 4.79 Å². The van der Waals surface area contributed by atoms with Crippen LogP contribution in [-0.2, 0) is 9.24 Å². The summed E-state index contributed by atoms with van der Waals surface area (Å²) in [6, 6.07) is -0.179. The number of amides is 1. The summed E-state index contributed by atoms with van der Waals surface area (Å²) in [6.07, 6.45) is -0.173. The number of carbonyl (C=O) groups is 1. The molecule has 2 N–H and O–H groups in total. The standard InChI is InChI=1S/C6H11ClN2O4S/c7-14(12,13)9-3-1-5(2-4-9)8-6(10)11/h5,8H,1-4H2,(H,10,11). The van der Waals surface area contributed by atoms with Crippen molar-refractivity contribution in [2.24, 2.45) is 0 Å². The van der Waals surface area contributed by atoms with Crippen molar-refractivity contribution < 1.29 is 18.3 Å². The number of piperidine rings is 1. The van der Waals surface area contributed by atoms with Gasteiger partial charge in [-0.15, -0.1) is 0 Å². The molecule has 82 valence electrons. The van der Waals surface area contributed by atoms with Crippen LogP contribution in [0.3, 0.4) is 0 Å². The van der Waals surface area contributed by atoms with Gasteiger partial charge in [-0.2, -0.15) is 12.7 Å². The molecule has 1 amide bonds. The molecule has 0 aromatic carbocycles. The summed E-state index contributed by atoms with van der Waals surface area (Å²) in [4.78, 5) is 10.3. The summed E-state index contributed by atoms with van der Waals surface area (Å²) >= 11 is 0. The smallest absolute Gasteiger partial charge is 0.404 e. The van der Waals surface area contributed by atoms with E-state index in [0.29, 0.717) is 12.8 Å². The second-order valence-corrected chi connectivity index (χ2v) is 5.58. The van der Waals surface area contributed by atoms with E-state index < -0.39 is 15.3 Å². The summed E-state index contributed by atoms with van der Waals surface area (Å²) in [7, 11) is 1.48. The summed E-state index contributed by atoms with van der Waals surface area (Å²) in [5.41, 5.74) is 0. The molecule has 0 bridgehead atoms. The lowest BCUT2D eigenvalue weighted by molar-refractivity contribution is 0.183. The highest BCUT2D eigenvalue weighted by Crippen LogP contribution is 2.16. The van der Waals surface area contributed by atoms with E-state index in [2.05, 4.69) is 5.32 Å². The van der Waals surface area contributed by atoms with Gasteiger partial charge in [0.25, 0.3) is 9.24 Å². The van der Waals surface area contributed by atoms with E-state index in [9.17, 15) is 13.2 Å². The number of hydrogen-bond acceptors (Lipinski definition) is 3. The first kappa shape index (κ1) is 11.5. The van der Waals surface area contributed by atoms with Crippen molar-refractivity contribution in [1.29, 1.82) is 0 Å². The number of rotatable bonds is 2. The van der Waals surface area contributed by atoms with Gasteiger partial charge >= 0.3 is 6.09 Å². The summed E-state index contributed by atoms with van der Waals surface area (Å²) in [5, 5.41) is 10.7. The van der Waals surface area contributed by atoms with Crippen molar-refractivity contribution in [2.45, 2.75) is 18.9 Å². The molecule has 0 unspecified atom stereocenters. The molecular weight excluding hydrogens is 232 g/mol. The minimum Gasteiger partial charge on any atom is -0.465 e. The van der Waals surface area contributed by atoms with Gasteiger partial charge in [-0.05, 0) is 12.8 Å². The highest BCUT2D eigenvalue weighted by Gasteiger charge is 2.26. The van der Waals surface area contributed by atoms with Crippen molar-refractivity contribution in [2.75, 3.05) is 13.1 Å². The van der Waals surface area contributed by atoms with Crippen molar-refractivity contribution in [3.05, 3.63) is 0 Å². The lowest BCUT2D eigenvalue weighted by atomic mass is 10.1. The quantitative estimate of drug-likeness (QED) is 0.678. The molecule has 1 aliphatic rings. The van der Waals surface area contributed by atoms with Crippen molar-refractivity contribution in [3.63, 3.8) is 0 Å². The lowest BCUT2D eigenvalue weighted by Crippen LogP contribution is -2.45. The molecular formula is C6H11ClN2O4S.